The summed E-state index contributed by atoms with van der Waals surface area (Å²) in [7, 11) is 0. The Labute approximate surface area is 224 Å². The van der Waals surface area contributed by atoms with Crippen molar-refractivity contribution in [2.24, 2.45) is 0 Å². The number of hydrogen-bond donors (Lipinski definition) is 3. The van der Waals surface area contributed by atoms with E-state index in [4.69, 9.17) is 15.2 Å². The van der Waals surface area contributed by atoms with Crippen molar-refractivity contribution in [2.45, 2.75) is 20.4 Å². The number of para-hydroxylation sites is 2. The molecule has 0 radical (unpaired) electrons. The Morgan fingerprint density at radius 3 is 2.47 bits per heavy atom. The minimum absolute atomic E-state index is 0.308. The number of carbonyl (C=O) groups excluding carboxylic acids is 1. The van der Waals surface area contributed by atoms with Crippen molar-refractivity contribution in [1.29, 1.82) is 0 Å². The number of nitrogen functional groups attached to an aromatic ring is 1. The number of amides is 1. The largest absolute Gasteiger partial charge is 0.486 e. The topological polar surface area (TPSA) is 105 Å². The summed E-state index contributed by atoms with van der Waals surface area (Å²) in [5, 5.41) is 6.23. The van der Waals surface area contributed by atoms with Gasteiger partial charge in [-0.05, 0) is 49.0 Å². The molecular formula is C29H36N6O3. The molecular weight excluding hydrogens is 480 g/mol. The molecule has 0 saturated heterocycles. The van der Waals surface area contributed by atoms with Crippen LogP contribution < -0.4 is 25.8 Å². The first kappa shape index (κ1) is 26.8. The summed E-state index contributed by atoms with van der Waals surface area (Å²) >= 11 is 0. The molecule has 4 N–H and O–H groups in total. The van der Waals surface area contributed by atoms with E-state index in [1.54, 1.807) is 24.4 Å². The van der Waals surface area contributed by atoms with Gasteiger partial charge in [0.15, 0.2) is 11.5 Å². The van der Waals surface area contributed by atoms with E-state index in [-0.39, 0.29) is 5.91 Å². The summed E-state index contributed by atoms with van der Waals surface area (Å²) in [5.74, 6) is 1.92. The number of nitrogens with one attached hydrogen (secondary N) is 2. The highest BCUT2D eigenvalue weighted by Crippen LogP contribution is 2.33. The van der Waals surface area contributed by atoms with Crippen molar-refractivity contribution in [3.8, 4) is 11.5 Å². The Balaban J connectivity index is 1.44. The molecule has 9 heteroatoms. The number of benzene rings is 2. The van der Waals surface area contributed by atoms with E-state index in [0.29, 0.717) is 36.8 Å². The van der Waals surface area contributed by atoms with E-state index in [0.717, 1.165) is 54.7 Å². The van der Waals surface area contributed by atoms with Gasteiger partial charge in [-0.1, -0.05) is 38.6 Å². The molecule has 38 heavy (non-hydrogen) atoms. The maximum absolute atomic E-state index is 12.7. The van der Waals surface area contributed by atoms with Gasteiger partial charge in [0, 0.05) is 37.6 Å². The van der Waals surface area contributed by atoms with Crippen molar-refractivity contribution in [2.75, 3.05) is 55.8 Å². The van der Waals surface area contributed by atoms with Gasteiger partial charge in [-0.15, -0.1) is 0 Å². The zero-order chi connectivity index (χ0) is 26.9. The van der Waals surface area contributed by atoms with Crippen molar-refractivity contribution in [3.05, 3.63) is 84.5 Å². The predicted molar refractivity (Wildman–Crippen MR) is 151 cm³/mol. The van der Waals surface area contributed by atoms with Gasteiger partial charge in [0.25, 0.3) is 5.91 Å². The number of pyridine rings is 1. The van der Waals surface area contributed by atoms with Gasteiger partial charge < -0.3 is 35.6 Å². The molecule has 2 heterocycles. The smallest absolute Gasteiger partial charge is 0.274 e. The number of fused-ring (bicyclic) bond motifs is 1. The Bertz CT molecular complexity index is 1240. The molecule has 1 amide bonds. The monoisotopic (exact) mass is 516 g/mol. The molecule has 0 fully saturated rings. The van der Waals surface area contributed by atoms with Gasteiger partial charge in [0.05, 0.1) is 17.2 Å². The number of anilines is 3. The average Bonchev–Trinajstić information content (AvgIpc) is 2.94. The molecule has 200 valence electrons. The zero-order valence-corrected chi connectivity index (χ0v) is 22.1. The van der Waals surface area contributed by atoms with E-state index in [9.17, 15) is 4.79 Å². The molecule has 3 aromatic rings. The van der Waals surface area contributed by atoms with Crippen molar-refractivity contribution < 1.29 is 14.3 Å². The predicted octanol–water partition coefficient (Wildman–Crippen LogP) is 4.41. The minimum atomic E-state index is -0.308. The van der Waals surface area contributed by atoms with Crippen LogP contribution in [0.5, 0.6) is 11.5 Å². The number of aromatic nitrogens is 1. The molecule has 0 unspecified atom stereocenters. The molecule has 0 atom stereocenters. The van der Waals surface area contributed by atoms with E-state index in [1.165, 1.54) is 0 Å². The van der Waals surface area contributed by atoms with Crippen LogP contribution in [0.15, 0.2) is 73.2 Å². The maximum atomic E-state index is 12.7. The normalized spacial score (nSPS) is 12.2. The lowest BCUT2D eigenvalue weighted by molar-refractivity contribution is 0.102. The van der Waals surface area contributed by atoms with Gasteiger partial charge in [-0.3, -0.25) is 9.78 Å². The second-order valence-corrected chi connectivity index (χ2v) is 8.97. The number of nitrogens with zero attached hydrogens (tertiary/aromatic N) is 3. The zero-order valence-electron chi connectivity index (χ0n) is 22.1. The molecule has 9 nitrogen and oxygen atoms in total. The molecule has 0 aliphatic carbocycles. The van der Waals surface area contributed by atoms with Gasteiger partial charge in [0.2, 0.25) is 0 Å². The lowest BCUT2D eigenvalue weighted by Gasteiger charge is -2.30. The SMILES string of the molecule is C=C(Nc1ccc2c(c1)OCCO2)N(CCN(CC)CC)Cc1ccc(C(=O)Nc2ccccc2N)nc1. The second kappa shape index (κ2) is 12.8. The Morgan fingerprint density at radius 2 is 1.76 bits per heavy atom. The highest BCUT2D eigenvalue weighted by atomic mass is 16.6. The third-order valence-corrected chi connectivity index (χ3v) is 6.43. The van der Waals surface area contributed by atoms with Crippen LogP contribution in [0.1, 0.15) is 29.9 Å². The first-order chi connectivity index (χ1) is 18.5. The van der Waals surface area contributed by atoms with Crippen LogP contribution in [0.2, 0.25) is 0 Å². The number of rotatable bonds is 12. The lowest BCUT2D eigenvalue weighted by atomic mass is 10.2. The summed E-state index contributed by atoms with van der Waals surface area (Å²) in [6.07, 6.45) is 1.73. The summed E-state index contributed by atoms with van der Waals surface area (Å²) in [5.41, 5.74) is 9.16. The van der Waals surface area contributed by atoms with E-state index in [1.807, 2.05) is 36.4 Å². The van der Waals surface area contributed by atoms with Crippen LogP contribution in [-0.4, -0.2) is 60.1 Å². The highest BCUT2D eigenvalue weighted by molar-refractivity contribution is 6.04. The quantitative estimate of drug-likeness (QED) is 0.304. The van der Waals surface area contributed by atoms with Crippen LogP contribution in [0, 0.1) is 0 Å². The molecule has 1 aliphatic heterocycles. The van der Waals surface area contributed by atoms with Crippen LogP contribution in [0.25, 0.3) is 0 Å². The van der Waals surface area contributed by atoms with E-state index < -0.39 is 0 Å². The summed E-state index contributed by atoms with van der Waals surface area (Å²) in [6, 6.07) is 16.6. The summed E-state index contributed by atoms with van der Waals surface area (Å²) in [6.45, 7) is 13.9. The minimum Gasteiger partial charge on any atom is -0.486 e. The number of likely N-dealkylation sites (N-methyl/N-ethyl adjacent to an activating group) is 1. The Kier molecular flexibility index (Phi) is 9.05. The molecule has 2 aromatic carbocycles. The number of hydrogen-bond acceptors (Lipinski definition) is 8. The summed E-state index contributed by atoms with van der Waals surface area (Å²) in [4.78, 5) is 21.6. The van der Waals surface area contributed by atoms with E-state index >= 15 is 0 Å². The first-order valence-corrected chi connectivity index (χ1v) is 12.9. The molecule has 0 spiro atoms. The fourth-order valence-electron chi connectivity index (χ4n) is 4.15. The van der Waals surface area contributed by atoms with Crippen LogP contribution >= 0.6 is 0 Å². The Morgan fingerprint density at radius 1 is 1.00 bits per heavy atom. The van der Waals surface area contributed by atoms with Gasteiger partial charge in [-0.2, -0.15) is 0 Å². The van der Waals surface area contributed by atoms with Gasteiger partial charge in [-0.25, -0.2) is 0 Å². The highest BCUT2D eigenvalue weighted by Gasteiger charge is 2.16. The molecule has 0 saturated carbocycles. The molecule has 4 rings (SSSR count). The number of ether oxygens (including phenoxy) is 2. The van der Waals surface area contributed by atoms with Crippen LogP contribution in [0.4, 0.5) is 17.1 Å². The van der Waals surface area contributed by atoms with Gasteiger partial charge >= 0.3 is 0 Å². The number of carbonyl (C=O) groups is 1. The Hall–Kier alpha value is -4.24. The standard InChI is InChI=1S/C29H36N6O3/c1-4-34(5-2)14-15-35(21(3)32-23-11-13-27-28(18-23)38-17-16-37-27)20-22-10-12-26(31-19-22)29(36)33-25-9-7-6-8-24(25)30/h6-13,18-19,32H,3-5,14-17,20,30H2,1-2H3,(H,33,36). The van der Waals surface area contributed by atoms with Crippen LogP contribution in [-0.2, 0) is 6.54 Å². The number of nitrogens with two attached hydrogens (primary N) is 1. The third kappa shape index (κ3) is 6.95. The lowest BCUT2D eigenvalue weighted by Crippen LogP contribution is -2.36. The molecule has 0 bridgehead atoms. The van der Waals surface area contributed by atoms with Gasteiger partial charge in [0.1, 0.15) is 18.9 Å². The first-order valence-electron chi connectivity index (χ1n) is 12.9. The van der Waals surface area contributed by atoms with Crippen molar-refractivity contribution >= 4 is 23.0 Å². The fourth-order valence-corrected chi connectivity index (χ4v) is 4.15. The molecule has 1 aliphatic rings. The molecule has 1 aromatic heterocycles. The maximum Gasteiger partial charge on any atom is 0.274 e. The fraction of sp³-hybridized carbons (Fsp3) is 0.310. The van der Waals surface area contributed by atoms with Crippen molar-refractivity contribution in [1.82, 2.24) is 14.8 Å². The van der Waals surface area contributed by atoms with E-state index in [2.05, 4.69) is 45.8 Å². The average molecular weight is 517 g/mol. The van der Waals surface area contributed by atoms with Crippen molar-refractivity contribution in [3.63, 3.8) is 0 Å². The second-order valence-electron chi connectivity index (χ2n) is 8.97. The third-order valence-electron chi connectivity index (χ3n) is 6.43. The van der Waals surface area contributed by atoms with Crippen LogP contribution in [0.3, 0.4) is 0 Å². The summed E-state index contributed by atoms with van der Waals surface area (Å²) < 4.78 is 11.4.